The number of hydrogen-bond acceptors (Lipinski definition) is 21. The number of imidazole rings is 2. The highest BCUT2D eigenvalue weighted by Crippen LogP contribution is 2.72. The smallest absolute Gasteiger partial charge is 0.342 e. The second-order valence-corrected chi connectivity index (χ2v) is 35.3. The molecule has 414 valence electrons. The number of rotatable bonds is 15. The molecule has 74 heavy (non-hydrogen) atoms. The Morgan fingerprint density at radius 1 is 0.649 bits per heavy atom. The van der Waals surface area contributed by atoms with Crippen molar-refractivity contribution in [2.24, 2.45) is 23.7 Å². The molecule has 13 atom stereocenters. The number of aliphatic hydroxyl groups excluding tert-OH is 3. The van der Waals surface area contributed by atoms with Gasteiger partial charge >= 0.3 is 15.2 Å². The summed E-state index contributed by atoms with van der Waals surface area (Å²) in [4.78, 5) is 22.0. The number of halogens is 8. The van der Waals surface area contributed by atoms with E-state index in [0.717, 1.165) is 47.5 Å². The number of alkyl halides is 2. The van der Waals surface area contributed by atoms with Gasteiger partial charge in [0.1, 0.15) is 42.5 Å². The molecule has 4 saturated heterocycles. The Morgan fingerprint density at radius 2 is 1.04 bits per heavy atom. The van der Waals surface area contributed by atoms with Gasteiger partial charge in [-0.25, -0.2) is 27.8 Å². The first-order valence-corrected chi connectivity index (χ1v) is 34.8. The number of anilines is 2. The molecule has 6 aliphatic rings. The van der Waals surface area contributed by atoms with E-state index in [9.17, 15) is 38.0 Å². The zero-order valence-electron chi connectivity index (χ0n) is 39.7. The maximum absolute atomic E-state index is 15.3. The van der Waals surface area contributed by atoms with Crippen LogP contribution in [0.15, 0.2) is 12.4 Å². The average molecular weight is 1250 g/mol. The molecule has 4 aromatic rings. The van der Waals surface area contributed by atoms with Crippen LogP contribution in [-0.2, 0) is 45.8 Å². The SMILES string of the molecule is COP(=O)(CP(=O)(OC)OC[C@H]1O[C@@H](c2cnc3c(N4CC5CCCC5C4)nc(Cl)nn23)[C@@H](F)[C@@H]1O)OC.O=P(Cl)(Cl)CP(=O)(Cl)Cl.OC[C@H]1O[C@@H](c2cnc3c(N4CC5CCCC5C4)nc(Cl)nn23)[C@@H](F)[C@@H]1O. The standard InChI is InChI=1S/C21H31ClFN5O8P2.C17H21ClFN5O3.CH2Cl4O2P2/c1-32-37(30,33-2)11-38(31,34-3)35-10-15-17(29)16(23)18(36-15)14-7-24-19-20(25-21(22)26-28(14)19)27-8-12-5-4-6-13(12)9-27;18-17-21-16(23-5-8-2-1-3-9(8)6-23)15-20-4-10(24(15)22-17)14-12(19)13(26)11(7-25)27-14;2-8(3,6)1-9(4,5)7/h7,12-13,15-18,29H,4-6,8-11H2,1-3H3;4,8-9,11-14,25-26H,1-3,5-7H2;1H2/t12?,13?,15-,16+,17-,18+,38?;8?,9?,11-,12+,13-,14+;/m11./s1. The van der Waals surface area contributed by atoms with E-state index in [-0.39, 0.29) is 16.3 Å². The number of nitrogens with zero attached hydrogens (tertiary/aromatic N) is 10. The number of aromatic nitrogens is 8. The monoisotopic (exact) mass is 1240 g/mol. The van der Waals surface area contributed by atoms with Crippen molar-refractivity contribution in [2.75, 3.05) is 82.3 Å². The van der Waals surface area contributed by atoms with Crippen LogP contribution in [0, 0.1) is 23.7 Å². The van der Waals surface area contributed by atoms with Crippen molar-refractivity contribution >= 4 is 118 Å². The molecule has 0 radical (unpaired) electrons. The zero-order valence-corrected chi connectivity index (χ0v) is 47.8. The number of aliphatic hydroxyl groups is 3. The van der Waals surface area contributed by atoms with Crippen LogP contribution in [0.4, 0.5) is 20.4 Å². The lowest BCUT2D eigenvalue weighted by atomic mass is 10.0. The molecule has 6 fully saturated rings. The average Bonchev–Trinajstić information content (AvgIpc) is 4.21. The molecule has 0 aromatic carbocycles. The normalized spacial score (nSPS) is 30.9. The number of hydrogen-bond donors (Lipinski definition) is 3. The van der Waals surface area contributed by atoms with E-state index in [4.69, 9.17) is 95.7 Å². The van der Waals surface area contributed by atoms with Crippen LogP contribution in [-0.4, -0.2) is 164 Å². The minimum absolute atomic E-state index is 0.0283. The van der Waals surface area contributed by atoms with E-state index in [0.29, 0.717) is 52.3 Å². The first-order valence-electron chi connectivity index (χ1n) is 23.2. The fourth-order valence-electron chi connectivity index (χ4n) is 10.5. The summed E-state index contributed by atoms with van der Waals surface area (Å²) in [5, 5.41) is 38.2. The van der Waals surface area contributed by atoms with Crippen LogP contribution < -0.4 is 9.80 Å². The molecule has 4 aliphatic heterocycles. The molecule has 0 spiro atoms. The molecular formula is C39H54Cl6F2N10O13P4. The minimum atomic E-state index is -3.99. The van der Waals surface area contributed by atoms with E-state index in [2.05, 4.69) is 39.9 Å². The second-order valence-electron chi connectivity index (χ2n) is 18.7. The van der Waals surface area contributed by atoms with Gasteiger partial charge in [0.15, 0.2) is 41.2 Å². The fourth-order valence-corrected chi connectivity index (χ4v) is 23.8. The summed E-state index contributed by atoms with van der Waals surface area (Å²) in [6.45, 7) is 2.54. The van der Waals surface area contributed by atoms with Gasteiger partial charge in [-0.05, 0) is 118 Å². The van der Waals surface area contributed by atoms with Crippen LogP contribution >= 0.6 is 95.1 Å². The summed E-state index contributed by atoms with van der Waals surface area (Å²) >= 11 is 32.4. The predicted molar refractivity (Wildman–Crippen MR) is 272 cm³/mol. The Balaban J connectivity index is 0.000000175. The third kappa shape index (κ3) is 13.2. The Bertz CT molecular complexity index is 2790. The van der Waals surface area contributed by atoms with Crippen molar-refractivity contribution in [2.45, 2.75) is 87.5 Å². The quantitative estimate of drug-likeness (QED) is 0.0937. The van der Waals surface area contributed by atoms with Crippen LogP contribution in [0.2, 0.25) is 10.6 Å². The van der Waals surface area contributed by atoms with Crippen molar-refractivity contribution in [3.05, 3.63) is 34.3 Å². The lowest BCUT2D eigenvalue weighted by molar-refractivity contribution is -0.0241. The van der Waals surface area contributed by atoms with Gasteiger partial charge in [0.05, 0.1) is 37.0 Å². The van der Waals surface area contributed by atoms with Crippen LogP contribution in [0.3, 0.4) is 0 Å². The zero-order chi connectivity index (χ0) is 53.7. The topological polar surface area (TPSA) is 277 Å². The van der Waals surface area contributed by atoms with Gasteiger partial charge in [-0.15, -0.1) is 10.2 Å². The van der Waals surface area contributed by atoms with Crippen molar-refractivity contribution in [3.63, 3.8) is 0 Å². The summed E-state index contributed by atoms with van der Waals surface area (Å²) in [6, 6.07) is 0. The highest BCUT2D eigenvalue weighted by Gasteiger charge is 2.49. The number of fused-ring (bicyclic) bond motifs is 4. The predicted octanol–water partition coefficient (Wildman–Crippen LogP) is 8.88. The van der Waals surface area contributed by atoms with Crippen LogP contribution in [0.25, 0.3) is 11.3 Å². The Kier molecular flexibility index (Phi) is 19.1. The van der Waals surface area contributed by atoms with Gasteiger partial charge in [-0.2, -0.15) is 9.97 Å². The third-order valence-electron chi connectivity index (χ3n) is 14.1. The molecule has 0 bridgehead atoms. The van der Waals surface area contributed by atoms with Crippen molar-refractivity contribution < 1.29 is 69.9 Å². The maximum atomic E-state index is 15.3. The molecule has 0 amide bonds. The lowest BCUT2D eigenvalue weighted by Gasteiger charge is -2.22. The summed E-state index contributed by atoms with van der Waals surface area (Å²) in [5.41, 5.74) is 1.48. The van der Waals surface area contributed by atoms with Gasteiger partial charge in [-0.1, -0.05) is 12.8 Å². The highest BCUT2D eigenvalue weighted by atomic mass is 35.9. The van der Waals surface area contributed by atoms with Crippen molar-refractivity contribution in [1.82, 2.24) is 39.2 Å². The molecule has 23 nitrogen and oxygen atoms in total. The Hall–Kier alpha value is -1.14. The third-order valence-corrected chi connectivity index (χ3v) is 25.9. The molecular weight excluding hydrogens is 1190 g/mol. The second kappa shape index (κ2) is 23.9. The molecule has 2 saturated carbocycles. The summed E-state index contributed by atoms with van der Waals surface area (Å²) in [6.07, 6.45) is -0.903. The largest absolute Gasteiger partial charge is 0.394 e. The molecule has 10 rings (SSSR count). The first kappa shape index (κ1) is 59.0. The van der Waals surface area contributed by atoms with Gasteiger partial charge in [-0.3, -0.25) is 18.3 Å². The van der Waals surface area contributed by atoms with Crippen molar-refractivity contribution in [3.8, 4) is 0 Å². The minimum Gasteiger partial charge on any atom is -0.394 e. The highest BCUT2D eigenvalue weighted by molar-refractivity contribution is 8.21. The van der Waals surface area contributed by atoms with Crippen LogP contribution in [0.1, 0.15) is 62.1 Å². The summed E-state index contributed by atoms with van der Waals surface area (Å²) < 4.78 is 110. The molecule has 3 N–H and O–H groups in total. The van der Waals surface area contributed by atoms with Gasteiger partial charge in [0.25, 0.3) is 11.7 Å². The van der Waals surface area contributed by atoms with Gasteiger partial charge in [0, 0.05) is 47.5 Å². The van der Waals surface area contributed by atoms with Gasteiger partial charge in [0.2, 0.25) is 10.6 Å². The lowest BCUT2D eigenvalue weighted by Crippen LogP contribution is -2.31. The van der Waals surface area contributed by atoms with E-state index in [1.807, 2.05) is 0 Å². The van der Waals surface area contributed by atoms with Gasteiger partial charge < -0.3 is 52.7 Å². The molecule has 8 heterocycles. The molecule has 4 aromatic heterocycles. The van der Waals surface area contributed by atoms with E-state index >= 15 is 4.39 Å². The molecule has 2 aliphatic carbocycles. The van der Waals surface area contributed by atoms with Crippen molar-refractivity contribution in [1.29, 1.82) is 0 Å². The Labute approximate surface area is 452 Å². The summed E-state index contributed by atoms with van der Waals surface area (Å²) in [7, 11) is -4.36. The molecule has 35 heteroatoms. The maximum Gasteiger partial charge on any atom is 0.342 e. The fraction of sp³-hybridized carbons (Fsp3) is 0.744. The summed E-state index contributed by atoms with van der Waals surface area (Å²) in [5.74, 6) is -4.19. The van der Waals surface area contributed by atoms with E-state index in [1.165, 1.54) is 59.9 Å². The Morgan fingerprint density at radius 3 is 1.39 bits per heavy atom. The first-order chi connectivity index (χ1) is 34.9. The van der Waals surface area contributed by atoms with Crippen LogP contribution in [0.5, 0.6) is 0 Å². The number of ether oxygens (including phenoxy) is 2. The molecule has 5 unspecified atom stereocenters. The van der Waals surface area contributed by atoms with E-state index < -0.39 is 101 Å². The van der Waals surface area contributed by atoms with E-state index in [1.54, 1.807) is 0 Å².